The van der Waals surface area contributed by atoms with E-state index in [0.717, 1.165) is 23.6 Å². The second-order valence-electron chi connectivity index (χ2n) is 6.90. The number of amides is 1. The number of benzene rings is 1. The molecule has 1 saturated heterocycles. The van der Waals surface area contributed by atoms with Gasteiger partial charge < -0.3 is 20.4 Å². The van der Waals surface area contributed by atoms with Gasteiger partial charge in [-0.2, -0.15) is 4.98 Å². The predicted octanol–water partition coefficient (Wildman–Crippen LogP) is 1.72. The molecule has 0 spiro atoms. The molecule has 8 heteroatoms. The molecule has 1 amide bonds. The van der Waals surface area contributed by atoms with Crippen LogP contribution in [0, 0.1) is 19.7 Å². The quantitative estimate of drug-likeness (QED) is 0.851. The van der Waals surface area contributed by atoms with Crippen molar-refractivity contribution in [3.8, 4) is 0 Å². The third-order valence-corrected chi connectivity index (χ3v) is 4.65. The molecule has 1 atom stereocenters. The van der Waals surface area contributed by atoms with Gasteiger partial charge in [-0.05, 0) is 38.1 Å². The average molecular weight is 372 g/mol. The topological polar surface area (TPSA) is 73.4 Å². The molecule has 2 N–H and O–H groups in total. The molecular weight excluding hydrogens is 347 g/mol. The normalized spacial score (nSPS) is 16.9. The Morgan fingerprint density at radius 3 is 2.63 bits per heavy atom. The molecule has 1 aliphatic rings. The summed E-state index contributed by atoms with van der Waals surface area (Å²) in [4.78, 5) is 25.8. The van der Waals surface area contributed by atoms with E-state index in [0.29, 0.717) is 24.7 Å². The Hall–Kier alpha value is -2.74. The van der Waals surface area contributed by atoms with Crippen LogP contribution in [0.2, 0.25) is 0 Å². The van der Waals surface area contributed by atoms with Crippen molar-refractivity contribution in [1.29, 1.82) is 0 Å². The molecule has 7 nitrogen and oxygen atoms in total. The van der Waals surface area contributed by atoms with Crippen LogP contribution in [0.25, 0.3) is 0 Å². The lowest BCUT2D eigenvalue weighted by atomic mass is 10.1. The number of aromatic nitrogens is 2. The number of halogens is 1. The number of carbonyl (C=O) groups excluding carboxylic acids is 1. The molecule has 0 aliphatic carbocycles. The highest BCUT2D eigenvalue weighted by atomic mass is 19.1. The van der Waals surface area contributed by atoms with Gasteiger partial charge in [-0.3, -0.25) is 4.79 Å². The van der Waals surface area contributed by atoms with Gasteiger partial charge in [0, 0.05) is 50.7 Å². The standard InChI is InChI=1S/C19H25FN6O/c1-12-13(2)22-19(25(3)4)24-17(12)26-10-9-21-16(11-26)18(27)23-15-7-5-14(20)6-8-15/h5-8,16,21H,9-11H2,1-4H3,(H,23,27)/t16-/m1/s1. The summed E-state index contributed by atoms with van der Waals surface area (Å²) in [5.41, 5.74) is 2.51. The Bertz CT molecular complexity index is 824. The van der Waals surface area contributed by atoms with Crippen molar-refractivity contribution in [2.45, 2.75) is 19.9 Å². The third-order valence-electron chi connectivity index (χ3n) is 4.65. The number of carbonyl (C=O) groups is 1. The summed E-state index contributed by atoms with van der Waals surface area (Å²) >= 11 is 0. The van der Waals surface area contributed by atoms with Crippen molar-refractivity contribution < 1.29 is 9.18 Å². The summed E-state index contributed by atoms with van der Waals surface area (Å²) in [7, 11) is 3.81. The van der Waals surface area contributed by atoms with Gasteiger partial charge in [0.1, 0.15) is 17.7 Å². The number of hydrogen-bond donors (Lipinski definition) is 2. The fourth-order valence-electron chi connectivity index (χ4n) is 2.99. The first-order valence-corrected chi connectivity index (χ1v) is 8.92. The first-order chi connectivity index (χ1) is 12.8. The van der Waals surface area contributed by atoms with E-state index in [-0.39, 0.29) is 17.8 Å². The molecule has 1 aliphatic heterocycles. The minimum absolute atomic E-state index is 0.150. The molecule has 0 radical (unpaired) electrons. The SMILES string of the molecule is Cc1nc(N(C)C)nc(N2CCN[C@@H](C(=O)Nc3ccc(F)cc3)C2)c1C. The number of nitrogens with zero attached hydrogens (tertiary/aromatic N) is 4. The summed E-state index contributed by atoms with van der Waals surface area (Å²) in [6.07, 6.45) is 0. The Kier molecular flexibility index (Phi) is 5.55. The van der Waals surface area contributed by atoms with Crippen LogP contribution in [-0.4, -0.2) is 55.6 Å². The zero-order valence-electron chi connectivity index (χ0n) is 16.1. The Labute approximate surface area is 158 Å². The van der Waals surface area contributed by atoms with Crippen LogP contribution in [0.3, 0.4) is 0 Å². The first kappa shape index (κ1) is 19.0. The van der Waals surface area contributed by atoms with Crippen LogP contribution < -0.4 is 20.4 Å². The van der Waals surface area contributed by atoms with E-state index in [2.05, 4.69) is 25.5 Å². The van der Waals surface area contributed by atoms with Crippen LogP contribution in [0.4, 0.5) is 21.8 Å². The Balaban J connectivity index is 1.76. The number of hydrogen-bond acceptors (Lipinski definition) is 6. The maximum atomic E-state index is 13.0. The second kappa shape index (κ2) is 7.87. The molecule has 1 aromatic heterocycles. The first-order valence-electron chi connectivity index (χ1n) is 8.92. The van der Waals surface area contributed by atoms with Crippen molar-refractivity contribution in [1.82, 2.24) is 15.3 Å². The van der Waals surface area contributed by atoms with E-state index in [9.17, 15) is 9.18 Å². The van der Waals surface area contributed by atoms with Gasteiger partial charge in [-0.15, -0.1) is 0 Å². The lowest BCUT2D eigenvalue weighted by molar-refractivity contribution is -0.118. The van der Waals surface area contributed by atoms with Crippen molar-refractivity contribution in [2.24, 2.45) is 0 Å². The number of anilines is 3. The smallest absolute Gasteiger partial charge is 0.243 e. The number of aryl methyl sites for hydroxylation is 1. The third kappa shape index (κ3) is 4.33. The molecular formula is C19H25FN6O. The van der Waals surface area contributed by atoms with E-state index in [1.54, 1.807) is 12.1 Å². The molecule has 1 fully saturated rings. The summed E-state index contributed by atoms with van der Waals surface area (Å²) in [6.45, 7) is 5.89. The van der Waals surface area contributed by atoms with Gasteiger partial charge in [0.2, 0.25) is 11.9 Å². The summed E-state index contributed by atoms with van der Waals surface area (Å²) < 4.78 is 13.0. The van der Waals surface area contributed by atoms with Gasteiger partial charge in [0.25, 0.3) is 0 Å². The maximum Gasteiger partial charge on any atom is 0.243 e. The van der Waals surface area contributed by atoms with Crippen LogP contribution in [-0.2, 0) is 4.79 Å². The van der Waals surface area contributed by atoms with Gasteiger partial charge in [-0.1, -0.05) is 0 Å². The minimum atomic E-state index is -0.388. The summed E-state index contributed by atoms with van der Waals surface area (Å²) in [5, 5.41) is 6.07. The number of nitrogens with one attached hydrogen (secondary N) is 2. The van der Waals surface area contributed by atoms with Crippen LogP contribution in [0.15, 0.2) is 24.3 Å². The molecule has 0 unspecified atom stereocenters. The fourth-order valence-corrected chi connectivity index (χ4v) is 2.99. The molecule has 2 heterocycles. The average Bonchev–Trinajstić information content (AvgIpc) is 2.65. The van der Waals surface area contributed by atoms with Gasteiger partial charge in [-0.25, -0.2) is 9.37 Å². The number of rotatable bonds is 4. The molecule has 1 aromatic carbocycles. The van der Waals surface area contributed by atoms with Gasteiger partial charge in [0.15, 0.2) is 0 Å². The van der Waals surface area contributed by atoms with Crippen LogP contribution >= 0.6 is 0 Å². The molecule has 3 rings (SSSR count). The van der Waals surface area contributed by atoms with E-state index in [1.165, 1.54) is 12.1 Å². The van der Waals surface area contributed by atoms with E-state index < -0.39 is 0 Å². The maximum absolute atomic E-state index is 13.0. The lowest BCUT2D eigenvalue weighted by Gasteiger charge is -2.35. The van der Waals surface area contributed by atoms with Crippen molar-refractivity contribution in [2.75, 3.05) is 48.8 Å². The van der Waals surface area contributed by atoms with Crippen LogP contribution in [0.1, 0.15) is 11.3 Å². The summed E-state index contributed by atoms with van der Waals surface area (Å²) in [5.74, 6) is 1.02. The highest BCUT2D eigenvalue weighted by Gasteiger charge is 2.28. The van der Waals surface area contributed by atoms with Crippen LogP contribution in [0.5, 0.6) is 0 Å². The van der Waals surface area contributed by atoms with Crippen molar-refractivity contribution in [3.63, 3.8) is 0 Å². The number of piperazine rings is 1. The Morgan fingerprint density at radius 1 is 1.26 bits per heavy atom. The fraction of sp³-hybridized carbons (Fsp3) is 0.421. The molecule has 0 bridgehead atoms. The molecule has 2 aromatic rings. The minimum Gasteiger partial charge on any atom is -0.353 e. The highest BCUT2D eigenvalue weighted by molar-refractivity contribution is 5.95. The molecule has 0 saturated carbocycles. The highest BCUT2D eigenvalue weighted by Crippen LogP contribution is 2.23. The van der Waals surface area contributed by atoms with E-state index >= 15 is 0 Å². The summed E-state index contributed by atoms with van der Waals surface area (Å²) in [6, 6.07) is 5.36. The zero-order chi connectivity index (χ0) is 19.6. The molecule has 27 heavy (non-hydrogen) atoms. The largest absolute Gasteiger partial charge is 0.353 e. The predicted molar refractivity (Wildman–Crippen MR) is 105 cm³/mol. The zero-order valence-corrected chi connectivity index (χ0v) is 16.1. The van der Waals surface area contributed by atoms with Crippen molar-refractivity contribution in [3.05, 3.63) is 41.3 Å². The Morgan fingerprint density at radius 2 is 1.96 bits per heavy atom. The lowest BCUT2D eigenvalue weighted by Crippen LogP contribution is -2.56. The second-order valence-corrected chi connectivity index (χ2v) is 6.90. The molecule has 144 valence electrons. The van der Waals surface area contributed by atoms with Gasteiger partial charge >= 0.3 is 0 Å². The van der Waals surface area contributed by atoms with Crippen molar-refractivity contribution >= 4 is 23.4 Å². The van der Waals surface area contributed by atoms with E-state index in [4.69, 9.17) is 0 Å². The van der Waals surface area contributed by atoms with E-state index in [1.807, 2.05) is 32.8 Å². The monoisotopic (exact) mass is 372 g/mol. The van der Waals surface area contributed by atoms with Gasteiger partial charge in [0.05, 0.1) is 0 Å².